The molecule has 0 saturated carbocycles. The van der Waals surface area contributed by atoms with Crippen LogP contribution >= 0.6 is 0 Å². The third-order valence-electron chi connectivity index (χ3n) is 4.22. The van der Waals surface area contributed by atoms with Gasteiger partial charge in [0.25, 0.3) is 0 Å². The summed E-state index contributed by atoms with van der Waals surface area (Å²) in [5.41, 5.74) is 12.0. The first-order chi connectivity index (χ1) is 10.3. The second-order valence-electron chi connectivity index (χ2n) is 5.51. The SMILES string of the molecule is Nc1cccc2c1N(Cc1ccnc3ccccc13)CC2. The molecular formula is C18H17N3. The smallest absolute Gasteiger partial charge is 0.0705 e. The Bertz CT molecular complexity index is 805. The van der Waals surface area contributed by atoms with Crippen LogP contribution in [-0.4, -0.2) is 11.5 Å². The second-order valence-corrected chi connectivity index (χ2v) is 5.51. The fourth-order valence-electron chi connectivity index (χ4n) is 3.22. The Hall–Kier alpha value is -2.55. The molecule has 0 radical (unpaired) electrons. The summed E-state index contributed by atoms with van der Waals surface area (Å²) in [7, 11) is 0. The number of nitrogens with zero attached hydrogens (tertiary/aromatic N) is 2. The van der Waals surface area contributed by atoms with Crippen LogP contribution in [0.3, 0.4) is 0 Å². The van der Waals surface area contributed by atoms with E-state index in [1.165, 1.54) is 22.2 Å². The number of pyridine rings is 1. The highest BCUT2D eigenvalue weighted by molar-refractivity contribution is 5.83. The Labute approximate surface area is 124 Å². The number of fused-ring (bicyclic) bond motifs is 2. The van der Waals surface area contributed by atoms with E-state index in [1.54, 1.807) is 0 Å². The molecule has 0 atom stereocenters. The molecule has 2 N–H and O–H groups in total. The van der Waals surface area contributed by atoms with Crippen molar-refractivity contribution in [2.45, 2.75) is 13.0 Å². The first-order valence-electron chi connectivity index (χ1n) is 7.28. The normalized spacial score (nSPS) is 13.6. The van der Waals surface area contributed by atoms with Crippen LogP contribution in [0, 0.1) is 0 Å². The van der Waals surface area contributed by atoms with Crippen LogP contribution in [0.25, 0.3) is 10.9 Å². The number of rotatable bonds is 2. The Balaban J connectivity index is 1.75. The molecule has 0 amide bonds. The highest BCUT2D eigenvalue weighted by Crippen LogP contribution is 2.35. The number of para-hydroxylation sites is 2. The summed E-state index contributed by atoms with van der Waals surface area (Å²) < 4.78 is 0. The molecule has 0 unspecified atom stereocenters. The number of benzene rings is 2. The van der Waals surface area contributed by atoms with Gasteiger partial charge in [-0.25, -0.2) is 0 Å². The van der Waals surface area contributed by atoms with Crippen molar-refractivity contribution < 1.29 is 0 Å². The average molecular weight is 275 g/mol. The van der Waals surface area contributed by atoms with Gasteiger partial charge in [0.1, 0.15) is 0 Å². The quantitative estimate of drug-likeness (QED) is 0.729. The van der Waals surface area contributed by atoms with Crippen molar-refractivity contribution in [3.8, 4) is 0 Å². The number of aromatic nitrogens is 1. The topological polar surface area (TPSA) is 42.1 Å². The Morgan fingerprint density at radius 2 is 1.95 bits per heavy atom. The zero-order valence-electron chi connectivity index (χ0n) is 11.8. The van der Waals surface area contributed by atoms with Gasteiger partial charge in [-0.1, -0.05) is 30.3 Å². The van der Waals surface area contributed by atoms with Gasteiger partial charge in [-0.15, -0.1) is 0 Å². The van der Waals surface area contributed by atoms with Gasteiger partial charge in [0.2, 0.25) is 0 Å². The minimum absolute atomic E-state index is 0.878. The van der Waals surface area contributed by atoms with Crippen LogP contribution in [0.4, 0.5) is 11.4 Å². The fraction of sp³-hybridized carbons (Fsp3) is 0.167. The van der Waals surface area contributed by atoms with Gasteiger partial charge in [-0.2, -0.15) is 0 Å². The average Bonchev–Trinajstić information content (AvgIpc) is 2.92. The number of nitrogen functional groups attached to an aromatic ring is 1. The van der Waals surface area contributed by atoms with Crippen molar-refractivity contribution in [2.75, 3.05) is 17.2 Å². The molecule has 2 aromatic carbocycles. The Kier molecular flexibility index (Phi) is 2.78. The van der Waals surface area contributed by atoms with E-state index in [0.717, 1.165) is 30.7 Å². The van der Waals surface area contributed by atoms with E-state index in [0.29, 0.717) is 0 Å². The second kappa shape index (κ2) is 4.77. The zero-order valence-corrected chi connectivity index (χ0v) is 11.8. The molecule has 4 rings (SSSR count). The van der Waals surface area contributed by atoms with Crippen molar-refractivity contribution in [3.05, 3.63) is 65.9 Å². The maximum atomic E-state index is 6.17. The first-order valence-corrected chi connectivity index (χ1v) is 7.28. The van der Waals surface area contributed by atoms with Gasteiger partial charge in [0.15, 0.2) is 0 Å². The molecule has 2 heterocycles. The lowest BCUT2D eigenvalue weighted by molar-refractivity contribution is 0.840. The molecule has 1 aliphatic rings. The number of anilines is 2. The summed E-state index contributed by atoms with van der Waals surface area (Å²) in [6.07, 6.45) is 2.96. The molecular weight excluding hydrogens is 258 g/mol. The van der Waals surface area contributed by atoms with Gasteiger partial charge in [0.05, 0.1) is 16.9 Å². The minimum atomic E-state index is 0.878. The van der Waals surface area contributed by atoms with Crippen molar-refractivity contribution in [1.82, 2.24) is 4.98 Å². The van der Waals surface area contributed by atoms with Crippen molar-refractivity contribution in [1.29, 1.82) is 0 Å². The molecule has 21 heavy (non-hydrogen) atoms. The largest absolute Gasteiger partial charge is 0.397 e. The van der Waals surface area contributed by atoms with Gasteiger partial charge < -0.3 is 10.6 Å². The number of nitrogens with two attached hydrogens (primary N) is 1. The molecule has 3 nitrogen and oxygen atoms in total. The number of hydrogen-bond acceptors (Lipinski definition) is 3. The third-order valence-corrected chi connectivity index (χ3v) is 4.22. The lowest BCUT2D eigenvalue weighted by atomic mass is 10.1. The van der Waals surface area contributed by atoms with Gasteiger partial charge in [-0.3, -0.25) is 4.98 Å². The van der Waals surface area contributed by atoms with E-state index in [2.05, 4.69) is 40.2 Å². The monoisotopic (exact) mass is 275 g/mol. The highest BCUT2D eigenvalue weighted by atomic mass is 15.2. The summed E-state index contributed by atoms with van der Waals surface area (Å²) >= 11 is 0. The predicted molar refractivity (Wildman–Crippen MR) is 87.4 cm³/mol. The van der Waals surface area contributed by atoms with Gasteiger partial charge in [-0.05, 0) is 35.7 Å². The summed E-state index contributed by atoms with van der Waals surface area (Å²) in [6.45, 7) is 1.91. The van der Waals surface area contributed by atoms with E-state index in [1.807, 2.05) is 24.4 Å². The van der Waals surface area contributed by atoms with Crippen LogP contribution < -0.4 is 10.6 Å². The summed E-state index contributed by atoms with van der Waals surface area (Å²) in [6, 6.07) is 16.6. The first kappa shape index (κ1) is 12.2. The van der Waals surface area contributed by atoms with E-state index < -0.39 is 0 Å². The molecule has 104 valence electrons. The minimum Gasteiger partial charge on any atom is -0.397 e. The maximum absolute atomic E-state index is 6.17. The lowest BCUT2D eigenvalue weighted by Gasteiger charge is -2.21. The fourth-order valence-corrected chi connectivity index (χ4v) is 3.22. The van der Waals surface area contributed by atoms with Gasteiger partial charge in [0, 0.05) is 24.7 Å². The summed E-state index contributed by atoms with van der Waals surface area (Å²) in [5.74, 6) is 0. The van der Waals surface area contributed by atoms with Crippen molar-refractivity contribution in [2.24, 2.45) is 0 Å². The molecule has 0 fully saturated rings. The van der Waals surface area contributed by atoms with Crippen LogP contribution in [0.2, 0.25) is 0 Å². The molecule has 3 heteroatoms. The maximum Gasteiger partial charge on any atom is 0.0705 e. The molecule has 0 spiro atoms. The molecule has 0 saturated heterocycles. The summed E-state index contributed by atoms with van der Waals surface area (Å²) in [5, 5.41) is 1.22. The summed E-state index contributed by atoms with van der Waals surface area (Å²) in [4.78, 5) is 6.82. The van der Waals surface area contributed by atoms with E-state index in [9.17, 15) is 0 Å². The van der Waals surface area contributed by atoms with Crippen LogP contribution in [0.15, 0.2) is 54.7 Å². The van der Waals surface area contributed by atoms with Crippen LogP contribution in [0.5, 0.6) is 0 Å². The molecule has 1 aliphatic heterocycles. The molecule has 0 aliphatic carbocycles. The van der Waals surface area contributed by atoms with E-state index in [-0.39, 0.29) is 0 Å². The Morgan fingerprint density at radius 3 is 2.90 bits per heavy atom. The van der Waals surface area contributed by atoms with Crippen molar-refractivity contribution >= 4 is 22.3 Å². The van der Waals surface area contributed by atoms with Crippen LogP contribution in [-0.2, 0) is 13.0 Å². The molecule has 3 aromatic rings. The van der Waals surface area contributed by atoms with Crippen molar-refractivity contribution in [3.63, 3.8) is 0 Å². The molecule has 1 aromatic heterocycles. The zero-order chi connectivity index (χ0) is 14.2. The number of hydrogen-bond donors (Lipinski definition) is 1. The predicted octanol–water partition coefficient (Wildman–Crippen LogP) is 3.38. The standard InChI is InChI=1S/C18H17N3/c19-16-6-3-4-13-9-11-21(18(13)16)12-14-8-10-20-17-7-2-1-5-15(14)17/h1-8,10H,9,11-12,19H2. The van der Waals surface area contributed by atoms with E-state index in [4.69, 9.17) is 5.73 Å². The van der Waals surface area contributed by atoms with Crippen LogP contribution in [0.1, 0.15) is 11.1 Å². The van der Waals surface area contributed by atoms with Gasteiger partial charge >= 0.3 is 0 Å². The Morgan fingerprint density at radius 1 is 1.05 bits per heavy atom. The van der Waals surface area contributed by atoms with E-state index >= 15 is 0 Å². The molecule has 0 bridgehead atoms. The highest BCUT2D eigenvalue weighted by Gasteiger charge is 2.21. The lowest BCUT2D eigenvalue weighted by Crippen LogP contribution is -2.20. The third kappa shape index (κ3) is 2.02.